The van der Waals surface area contributed by atoms with Crippen LogP contribution in [0.15, 0.2) is 29.6 Å². The highest BCUT2D eigenvalue weighted by Gasteiger charge is 2.22. The molecule has 1 aliphatic heterocycles. The highest BCUT2D eigenvalue weighted by atomic mass is 32.1. The lowest BCUT2D eigenvalue weighted by Gasteiger charge is -2.27. The molecule has 2 aromatic rings. The van der Waals surface area contributed by atoms with Crippen molar-refractivity contribution in [3.63, 3.8) is 0 Å². The van der Waals surface area contributed by atoms with E-state index < -0.39 is 0 Å². The standard InChI is InChI=1S/C19H27NO2S/c1-22-18(15-6-2-9-19-16(15)10-12-23-19)8-3-7-17(21)14-5-4-11-20-13-14/h2,6,9-10,12,14,17-18,20-21H,3-5,7-8,11,13H2,1H3. The van der Waals surface area contributed by atoms with Crippen LogP contribution < -0.4 is 5.32 Å². The summed E-state index contributed by atoms with van der Waals surface area (Å²) in [6.45, 7) is 2.06. The average Bonchev–Trinajstić information content (AvgIpc) is 3.08. The van der Waals surface area contributed by atoms with Crippen LogP contribution in [0.5, 0.6) is 0 Å². The number of aliphatic hydroxyl groups is 1. The molecule has 3 rings (SSSR count). The summed E-state index contributed by atoms with van der Waals surface area (Å²) < 4.78 is 7.07. The van der Waals surface area contributed by atoms with Gasteiger partial charge in [0.1, 0.15) is 0 Å². The van der Waals surface area contributed by atoms with Crippen molar-refractivity contribution < 1.29 is 9.84 Å². The summed E-state index contributed by atoms with van der Waals surface area (Å²) in [5.74, 6) is 0.421. The van der Waals surface area contributed by atoms with E-state index >= 15 is 0 Å². The van der Waals surface area contributed by atoms with Gasteiger partial charge in [-0.1, -0.05) is 12.1 Å². The van der Waals surface area contributed by atoms with Crippen LogP contribution in [-0.2, 0) is 4.74 Å². The van der Waals surface area contributed by atoms with Gasteiger partial charge in [0, 0.05) is 18.4 Å². The van der Waals surface area contributed by atoms with E-state index in [0.717, 1.165) is 38.8 Å². The Morgan fingerprint density at radius 3 is 3.04 bits per heavy atom. The number of piperidine rings is 1. The van der Waals surface area contributed by atoms with E-state index in [-0.39, 0.29) is 12.2 Å². The van der Waals surface area contributed by atoms with Gasteiger partial charge < -0.3 is 15.2 Å². The van der Waals surface area contributed by atoms with E-state index in [4.69, 9.17) is 4.74 Å². The van der Waals surface area contributed by atoms with Crippen LogP contribution >= 0.6 is 11.3 Å². The Morgan fingerprint density at radius 1 is 1.35 bits per heavy atom. The molecule has 1 fully saturated rings. The van der Waals surface area contributed by atoms with E-state index in [1.54, 1.807) is 18.4 Å². The Labute approximate surface area is 142 Å². The number of rotatable bonds is 7. The molecule has 0 saturated carbocycles. The Kier molecular flexibility index (Phi) is 6.06. The maximum Gasteiger partial charge on any atom is 0.0827 e. The van der Waals surface area contributed by atoms with Crippen molar-refractivity contribution in [2.24, 2.45) is 5.92 Å². The first-order valence-electron chi connectivity index (χ1n) is 8.67. The third kappa shape index (κ3) is 4.13. The summed E-state index contributed by atoms with van der Waals surface area (Å²) in [7, 11) is 1.79. The molecule has 3 nitrogen and oxygen atoms in total. The SMILES string of the molecule is COC(CCCC(O)C1CCCNC1)c1cccc2sccc12. The minimum atomic E-state index is -0.183. The molecule has 0 spiro atoms. The van der Waals surface area contributed by atoms with Gasteiger partial charge in [0.25, 0.3) is 0 Å². The Bertz CT molecular complexity index is 606. The predicted octanol–water partition coefficient (Wildman–Crippen LogP) is 4.12. The number of nitrogens with one attached hydrogen (secondary N) is 1. The van der Waals surface area contributed by atoms with Gasteiger partial charge >= 0.3 is 0 Å². The molecular weight excluding hydrogens is 306 g/mol. The number of benzene rings is 1. The van der Waals surface area contributed by atoms with Crippen molar-refractivity contribution in [2.75, 3.05) is 20.2 Å². The summed E-state index contributed by atoms with van der Waals surface area (Å²) in [6, 6.07) is 8.63. The van der Waals surface area contributed by atoms with Gasteiger partial charge in [-0.15, -0.1) is 11.3 Å². The van der Waals surface area contributed by atoms with Gasteiger partial charge in [0.15, 0.2) is 0 Å². The molecular formula is C19H27NO2S. The van der Waals surface area contributed by atoms with Crippen molar-refractivity contribution in [1.29, 1.82) is 0 Å². The van der Waals surface area contributed by atoms with E-state index in [1.165, 1.54) is 22.1 Å². The van der Waals surface area contributed by atoms with Crippen LogP contribution in [0.4, 0.5) is 0 Å². The number of hydrogen-bond acceptors (Lipinski definition) is 4. The first kappa shape index (κ1) is 16.9. The number of thiophene rings is 1. The van der Waals surface area contributed by atoms with Gasteiger partial charge in [-0.3, -0.25) is 0 Å². The van der Waals surface area contributed by atoms with Gasteiger partial charge in [-0.05, 0) is 73.0 Å². The van der Waals surface area contributed by atoms with Crippen molar-refractivity contribution in [2.45, 2.75) is 44.3 Å². The number of ether oxygens (including phenoxy) is 1. The summed E-state index contributed by atoms with van der Waals surface area (Å²) in [5.41, 5.74) is 1.28. The number of methoxy groups -OCH3 is 1. The van der Waals surface area contributed by atoms with Gasteiger partial charge in [0.05, 0.1) is 12.2 Å². The number of aliphatic hydroxyl groups excluding tert-OH is 1. The fraction of sp³-hybridized carbons (Fsp3) is 0.579. The van der Waals surface area contributed by atoms with Crippen LogP contribution in [0.2, 0.25) is 0 Å². The molecule has 3 unspecified atom stereocenters. The molecule has 0 bridgehead atoms. The predicted molar refractivity (Wildman–Crippen MR) is 97.0 cm³/mol. The first-order chi connectivity index (χ1) is 11.3. The third-order valence-corrected chi connectivity index (χ3v) is 5.89. The molecule has 1 aromatic carbocycles. The van der Waals surface area contributed by atoms with Crippen molar-refractivity contribution >= 4 is 21.4 Å². The number of fused-ring (bicyclic) bond motifs is 1. The summed E-state index contributed by atoms with van der Waals surface area (Å²) >= 11 is 1.77. The smallest absolute Gasteiger partial charge is 0.0827 e. The second kappa shape index (κ2) is 8.25. The normalized spacial score (nSPS) is 21.4. The zero-order chi connectivity index (χ0) is 16.1. The lowest BCUT2D eigenvalue weighted by atomic mass is 9.90. The molecule has 126 valence electrons. The van der Waals surface area contributed by atoms with Crippen molar-refractivity contribution in [3.8, 4) is 0 Å². The molecule has 2 heterocycles. The lowest BCUT2D eigenvalue weighted by molar-refractivity contribution is 0.0649. The molecule has 1 aliphatic rings. The molecule has 4 heteroatoms. The van der Waals surface area contributed by atoms with Crippen molar-refractivity contribution in [3.05, 3.63) is 35.2 Å². The summed E-state index contributed by atoms with van der Waals surface area (Å²) in [6.07, 6.45) is 5.09. The summed E-state index contributed by atoms with van der Waals surface area (Å²) in [5, 5.41) is 17.2. The maximum absolute atomic E-state index is 10.4. The van der Waals surface area contributed by atoms with E-state index in [1.807, 2.05) is 0 Å². The molecule has 0 amide bonds. The highest BCUT2D eigenvalue weighted by molar-refractivity contribution is 7.17. The minimum Gasteiger partial charge on any atom is -0.393 e. The molecule has 1 saturated heterocycles. The Hall–Kier alpha value is -0.940. The highest BCUT2D eigenvalue weighted by Crippen LogP contribution is 2.32. The average molecular weight is 333 g/mol. The lowest BCUT2D eigenvalue weighted by Crippen LogP contribution is -2.36. The quantitative estimate of drug-likeness (QED) is 0.801. The van der Waals surface area contributed by atoms with Gasteiger partial charge in [-0.2, -0.15) is 0 Å². The third-order valence-electron chi connectivity index (χ3n) is 5.01. The first-order valence-corrected chi connectivity index (χ1v) is 9.55. The second-order valence-electron chi connectivity index (χ2n) is 6.51. The van der Waals surface area contributed by atoms with Crippen LogP contribution in [-0.4, -0.2) is 31.4 Å². The zero-order valence-corrected chi connectivity index (χ0v) is 14.6. The molecule has 3 atom stereocenters. The number of hydrogen-bond donors (Lipinski definition) is 2. The van der Waals surface area contributed by atoms with E-state index in [9.17, 15) is 5.11 Å². The van der Waals surface area contributed by atoms with Gasteiger partial charge in [0.2, 0.25) is 0 Å². The fourth-order valence-corrected chi connectivity index (χ4v) is 4.47. The largest absolute Gasteiger partial charge is 0.393 e. The second-order valence-corrected chi connectivity index (χ2v) is 7.46. The van der Waals surface area contributed by atoms with Crippen molar-refractivity contribution in [1.82, 2.24) is 5.32 Å². The fourth-order valence-electron chi connectivity index (χ4n) is 3.65. The molecule has 2 N–H and O–H groups in total. The van der Waals surface area contributed by atoms with Crippen LogP contribution in [0, 0.1) is 5.92 Å². The van der Waals surface area contributed by atoms with Gasteiger partial charge in [-0.25, -0.2) is 0 Å². The Balaban J connectivity index is 1.56. The Morgan fingerprint density at radius 2 is 2.26 bits per heavy atom. The topological polar surface area (TPSA) is 41.5 Å². The van der Waals surface area contributed by atoms with E-state index in [0.29, 0.717) is 5.92 Å². The molecule has 0 aliphatic carbocycles. The maximum atomic E-state index is 10.4. The molecule has 0 radical (unpaired) electrons. The molecule has 23 heavy (non-hydrogen) atoms. The van der Waals surface area contributed by atoms with Crippen LogP contribution in [0.3, 0.4) is 0 Å². The van der Waals surface area contributed by atoms with E-state index in [2.05, 4.69) is 35.0 Å². The summed E-state index contributed by atoms with van der Waals surface area (Å²) in [4.78, 5) is 0. The monoisotopic (exact) mass is 333 g/mol. The zero-order valence-electron chi connectivity index (χ0n) is 13.8. The minimum absolute atomic E-state index is 0.116. The van der Waals surface area contributed by atoms with Crippen LogP contribution in [0.25, 0.3) is 10.1 Å². The molecule has 1 aromatic heterocycles. The van der Waals surface area contributed by atoms with Crippen LogP contribution in [0.1, 0.15) is 43.8 Å².